The van der Waals surface area contributed by atoms with Crippen molar-refractivity contribution >= 4 is 23.3 Å². The summed E-state index contributed by atoms with van der Waals surface area (Å²) >= 11 is 6.22. The van der Waals surface area contributed by atoms with Crippen molar-refractivity contribution < 1.29 is 9.53 Å². The first kappa shape index (κ1) is 14.2. The quantitative estimate of drug-likeness (QED) is 0.838. The largest absolute Gasteiger partial charge is 0.462 e. The molecular weight excluding hydrogens is 262 g/mol. The van der Waals surface area contributed by atoms with Crippen LogP contribution in [0.3, 0.4) is 0 Å². The Morgan fingerprint density at radius 1 is 1.37 bits per heavy atom. The Morgan fingerprint density at radius 2 is 2.11 bits per heavy atom. The molecule has 0 aromatic heterocycles. The topological polar surface area (TPSA) is 38.3 Å². The van der Waals surface area contributed by atoms with Gasteiger partial charge in [0, 0.05) is 6.04 Å². The molecular formula is C15H20ClNO2. The first-order valence-corrected chi connectivity index (χ1v) is 7.32. The van der Waals surface area contributed by atoms with Crippen molar-refractivity contribution in [2.75, 3.05) is 11.9 Å². The van der Waals surface area contributed by atoms with Crippen LogP contribution in [0, 0.1) is 0 Å². The number of anilines is 1. The lowest BCUT2D eigenvalue weighted by atomic mass is 9.95. The summed E-state index contributed by atoms with van der Waals surface area (Å²) in [7, 11) is 0. The van der Waals surface area contributed by atoms with Crippen LogP contribution in [-0.2, 0) is 4.74 Å². The lowest BCUT2D eigenvalue weighted by Gasteiger charge is -2.25. The molecule has 0 atom stereocenters. The van der Waals surface area contributed by atoms with E-state index in [0.717, 1.165) is 18.5 Å². The molecule has 104 valence electrons. The van der Waals surface area contributed by atoms with Crippen LogP contribution in [0.1, 0.15) is 49.4 Å². The van der Waals surface area contributed by atoms with Gasteiger partial charge < -0.3 is 10.1 Å². The molecule has 1 aliphatic carbocycles. The second kappa shape index (κ2) is 6.80. The third-order valence-corrected chi connectivity index (χ3v) is 3.78. The Morgan fingerprint density at radius 3 is 2.79 bits per heavy atom. The molecule has 0 aliphatic heterocycles. The van der Waals surface area contributed by atoms with Gasteiger partial charge in [0.15, 0.2) is 0 Å². The fraction of sp³-hybridized carbons (Fsp3) is 0.533. The van der Waals surface area contributed by atoms with Crippen molar-refractivity contribution in [1.29, 1.82) is 0 Å². The van der Waals surface area contributed by atoms with E-state index in [1.165, 1.54) is 19.3 Å². The molecule has 1 aromatic rings. The van der Waals surface area contributed by atoms with Gasteiger partial charge in [0.2, 0.25) is 0 Å². The first-order chi connectivity index (χ1) is 9.22. The van der Waals surface area contributed by atoms with E-state index in [-0.39, 0.29) is 5.97 Å². The molecule has 1 saturated carbocycles. The average Bonchev–Trinajstić information content (AvgIpc) is 2.42. The maximum atomic E-state index is 11.9. The molecule has 2 rings (SSSR count). The summed E-state index contributed by atoms with van der Waals surface area (Å²) in [5.74, 6) is -0.316. The van der Waals surface area contributed by atoms with E-state index < -0.39 is 0 Å². The van der Waals surface area contributed by atoms with Gasteiger partial charge >= 0.3 is 5.97 Å². The smallest absolute Gasteiger partial charge is 0.340 e. The Hall–Kier alpha value is -1.22. The monoisotopic (exact) mass is 281 g/mol. The zero-order chi connectivity index (χ0) is 13.7. The molecule has 0 amide bonds. The first-order valence-electron chi connectivity index (χ1n) is 6.94. The highest BCUT2D eigenvalue weighted by molar-refractivity contribution is 6.34. The summed E-state index contributed by atoms with van der Waals surface area (Å²) in [5, 5.41) is 4.00. The van der Waals surface area contributed by atoms with E-state index in [1.54, 1.807) is 25.1 Å². The lowest BCUT2D eigenvalue weighted by molar-refractivity contribution is 0.0527. The standard InChI is InChI=1S/C15H20ClNO2/c1-2-19-15(18)12-9-6-10-13(16)14(12)17-11-7-4-3-5-8-11/h6,9-11,17H,2-5,7-8H2,1H3. The maximum absolute atomic E-state index is 11.9. The number of carbonyl (C=O) groups is 1. The van der Waals surface area contributed by atoms with Crippen molar-refractivity contribution in [3.8, 4) is 0 Å². The van der Waals surface area contributed by atoms with Gasteiger partial charge in [0.25, 0.3) is 0 Å². The highest BCUT2D eigenvalue weighted by atomic mass is 35.5. The number of hydrogen-bond acceptors (Lipinski definition) is 3. The molecule has 0 radical (unpaired) electrons. The predicted octanol–water partition coefficient (Wildman–Crippen LogP) is 4.26. The van der Waals surface area contributed by atoms with Crippen LogP contribution in [-0.4, -0.2) is 18.6 Å². The van der Waals surface area contributed by atoms with Crippen LogP contribution in [0.25, 0.3) is 0 Å². The van der Waals surface area contributed by atoms with Gasteiger partial charge in [-0.3, -0.25) is 0 Å². The number of benzene rings is 1. The summed E-state index contributed by atoms with van der Waals surface area (Å²) in [4.78, 5) is 11.9. The summed E-state index contributed by atoms with van der Waals surface area (Å²) in [6.07, 6.45) is 6.03. The van der Waals surface area contributed by atoms with E-state index in [9.17, 15) is 4.79 Å². The molecule has 0 unspecified atom stereocenters. The molecule has 3 nitrogen and oxygen atoms in total. The van der Waals surface area contributed by atoms with Crippen molar-refractivity contribution in [3.63, 3.8) is 0 Å². The number of para-hydroxylation sites is 1. The SMILES string of the molecule is CCOC(=O)c1cccc(Cl)c1NC1CCCCC1. The van der Waals surface area contributed by atoms with Crippen molar-refractivity contribution in [3.05, 3.63) is 28.8 Å². The second-order valence-electron chi connectivity index (χ2n) is 4.86. The third kappa shape index (κ3) is 3.63. The number of rotatable bonds is 4. The van der Waals surface area contributed by atoms with E-state index in [2.05, 4.69) is 5.32 Å². The third-order valence-electron chi connectivity index (χ3n) is 3.46. The number of ether oxygens (including phenoxy) is 1. The highest BCUT2D eigenvalue weighted by Gasteiger charge is 2.19. The Balaban J connectivity index is 2.19. The van der Waals surface area contributed by atoms with Crippen LogP contribution in [0.15, 0.2) is 18.2 Å². The molecule has 1 aliphatic rings. The Bertz CT molecular complexity index is 442. The van der Waals surface area contributed by atoms with E-state index in [4.69, 9.17) is 16.3 Å². The molecule has 4 heteroatoms. The van der Waals surface area contributed by atoms with E-state index in [1.807, 2.05) is 0 Å². The minimum absolute atomic E-state index is 0.316. The van der Waals surface area contributed by atoms with Crippen LogP contribution in [0.2, 0.25) is 5.02 Å². The second-order valence-corrected chi connectivity index (χ2v) is 5.27. The van der Waals surface area contributed by atoms with Gasteiger partial charge in [0.1, 0.15) is 0 Å². The van der Waals surface area contributed by atoms with Crippen LogP contribution < -0.4 is 5.32 Å². The summed E-state index contributed by atoms with van der Waals surface area (Å²) < 4.78 is 5.08. The van der Waals surface area contributed by atoms with Gasteiger partial charge in [0.05, 0.1) is 22.9 Å². The minimum Gasteiger partial charge on any atom is -0.462 e. The average molecular weight is 282 g/mol. The normalized spacial score (nSPS) is 16.1. The molecule has 1 N–H and O–H groups in total. The maximum Gasteiger partial charge on any atom is 0.340 e. The number of nitrogens with one attached hydrogen (secondary N) is 1. The Labute approximate surface area is 119 Å². The number of carbonyl (C=O) groups excluding carboxylic acids is 1. The molecule has 0 spiro atoms. The predicted molar refractivity (Wildman–Crippen MR) is 77.9 cm³/mol. The van der Waals surface area contributed by atoms with E-state index in [0.29, 0.717) is 23.2 Å². The molecule has 1 aromatic carbocycles. The zero-order valence-corrected chi connectivity index (χ0v) is 12.0. The van der Waals surface area contributed by atoms with Gasteiger partial charge in [-0.1, -0.05) is 36.9 Å². The lowest BCUT2D eigenvalue weighted by Crippen LogP contribution is -2.24. The van der Waals surface area contributed by atoms with Crippen LogP contribution >= 0.6 is 11.6 Å². The van der Waals surface area contributed by atoms with E-state index >= 15 is 0 Å². The zero-order valence-electron chi connectivity index (χ0n) is 11.2. The van der Waals surface area contributed by atoms with Crippen molar-refractivity contribution in [2.45, 2.75) is 45.1 Å². The van der Waals surface area contributed by atoms with Crippen molar-refractivity contribution in [2.24, 2.45) is 0 Å². The molecule has 1 fully saturated rings. The molecule has 19 heavy (non-hydrogen) atoms. The number of esters is 1. The van der Waals surface area contributed by atoms with Gasteiger partial charge in [-0.05, 0) is 31.9 Å². The Kier molecular flexibility index (Phi) is 5.08. The molecule has 0 saturated heterocycles. The van der Waals surface area contributed by atoms with Gasteiger partial charge in [-0.15, -0.1) is 0 Å². The van der Waals surface area contributed by atoms with Crippen molar-refractivity contribution in [1.82, 2.24) is 0 Å². The minimum atomic E-state index is -0.316. The summed E-state index contributed by atoms with van der Waals surface area (Å²) in [6, 6.07) is 5.74. The van der Waals surface area contributed by atoms with Gasteiger partial charge in [-0.2, -0.15) is 0 Å². The van der Waals surface area contributed by atoms with Crippen LogP contribution in [0.5, 0.6) is 0 Å². The molecule has 0 bridgehead atoms. The van der Waals surface area contributed by atoms with Gasteiger partial charge in [-0.25, -0.2) is 4.79 Å². The molecule has 0 heterocycles. The fourth-order valence-electron chi connectivity index (χ4n) is 2.50. The number of halogens is 1. The fourth-order valence-corrected chi connectivity index (χ4v) is 2.73. The highest BCUT2D eigenvalue weighted by Crippen LogP contribution is 2.30. The number of hydrogen-bond donors (Lipinski definition) is 1. The summed E-state index contributed by atoms with van der Waals surface area (Å²) in [6.45, 7) is 2.17. The van der Waals surface area contributed by atoms with Crippen LogP contribution in [0.4, 0.5) is 5.69 Å². The summed E-state index contributed by atoms with van der Waals surface area (Å²) in [5.41, 5.74) is 1.24.